The minimum atomic E-state index is -0.650. The SMILES string of the molecule is CCn1ccc(/C=c2/sc3n(c2=O)[C@H](c2ccc(Cl)cc2)C(C(=O)Nc2ccccc2)=C(C)N=3)n1. The molecule has 35 heavy (non-hydrogen) atoms. The number of halogens is 1. The van der Waals surface area contributed by atoms with Crippen molar-refractivity contribution in [1.82, 2.24) is 14.3 Å². The molecule has 0 radical (unpaired) electrons. The third kappa shape index (κ3) is 4.50. The summed E-state index contributed by atoms with van der Waals surface area (Å²) < 4.78 is 3.89. The van der Waals surface area contributed by atoms with Gasteiger partial charge in [0.25, 0.3) is 11.5 Å². The molecule has 0 fully saturated rings. The van der Waals surface area contributed by atoms with Gasteiger partial charge in [-0.3, -0.25) is 18.8 Å². The van der Waals surface area contributed by atoms with E-state index in [0.717, 1.165) is 12.1 Å². The van der Waals surface area contributed by atoms with E-state index < -0.39 is 6.04 Å². The van der Waals surface area contributed by atoms with Crippen LogP contribution in [0.2, 0.25) is 5.02 Å². The molecule has 1 atom stereocenters. The van der Waals surface area contributed by atoms with Gasteiger partial charge in [-0.05, 0) is 55.8 Å². The van der Waals surface area contributed by atoms with Crippen molar-refractivity contribution in [3.05, 3.63) is 114 Å². The zero-order chi connectivity index (χ0) is 24.5. The van der Waals surface area contributed by atoms with Gasteiger partial charge in [0.05, 0.1) is 27.5 Å². The summed E-state index contributed by atoms with van der Waals surface area (Å²) in [5.41, 5.74) is 2.86. The van der Waals surface area contributed by atoms with E-state index in [-0.39, 0.29) is 11.5 Å². The zero-order valence-electron chi connectivity index (χ0n) is 19.1. The number of para-hydroxylation sites is 1. The van der Waals surface area contributed by atoms with Gasteiger partial charge in [0.15, 0.2) is 4.80 Å². The maximum Gasteiger partial charge on any atom is 0.271 e. The Hall–Kier alpha value is -3.75. The number of allylic oxidation sites excluding steroid dienone is 1. The molecular formula is C26H22ClN5O2S. The first kappa shape index (κ1) is 23.0. The highest BCUT2D eigenvalue weighted by Gasteiger charge is 2.32. The molecule has 0 saturated heterocycles. The molecule has 0 bridgehead atoms. The maximum absolute atomic E-state index is 13.6. The fourth-order valence-corrected chi connectivity index (χ4v) is 5.21. The Morgan fingerprint density at radius 2 is 1.89 bits per heavy atom. The Morgan fingerprint density at radius 1 is 1.14 bits per heavy atom. The molecule has 0 unspecified atom stereocenters. The van der Waals surface area contributed by atoms with E-state index in [1.165, 1.54) is 11.3 Å². The second-order valence-electron chi connectivity index (χ2n) is 8.05. The van der Waals surface area contributed by atoms with E-state index in [1.54, 1.807) is 34.4 Å². The van der Waals surface area contributed by atoms with E-state index in [0.29, 0.717) is 37.0 Å². The summed E-state index contributed by atoms with van der Waals surface area (Å²) in [4.78, 5) is 32.3. The third-order valence-corrected chi connectivity index (χ3v) is 6.98. The first-order chi connectivity index (χ1) is 16.9. The van der Waals surface area contributed by atoms with Gasteiger partial charge in [-0.2, -0.15) is 5.10 Å². The summed E-state index contributed by atoms with van der Waals surface area (Å²) in [6, 6.07) is 17.6. The number of fused-ring (bicyclic) bond motifs is 1. The van der Waals surface area contributed by atoms with Crippen LogP contribution in [0.3, 0.4) is 0 Å². The first-order valence-corrected chi connectivity index (χ1v) is 12.3. The molecule has 7 nitrogen and oxygen atoms in total. The maximum atomic E-state index is 13.6. The van der Waals surface area contributed by atoms with Crippen LogP contribution in [-0.4, -0.2) is 20.3 Å². The number of carbonyl (C=O) groups excluding carboxylic acids is 1. The van der Waals surface area contributed by atoms with Gasteiger partial charge in [-0.25, -0.2) is 4.99 Å². The number of hydrogen-bond donors (Lipinski definition) is 1. The zero-order valence-corrected chi connectivity index (χ0v) is 20.7. The average Bonchev–Trinajstić information content (AvgIpc) is 3.43. The number of thiazole rings is 1. The molecule has 1 aliphatic heterocycles. The molecule has 0 spiro atoms. The van der Waals surface area contributed by atoms with Crippen LogP contribution in [0.1, 0.15) is 31.1 Å². The predicted octanol–water partition coefficient (Wildman–Crippen LogP) is 3.74. The van der Waals surface area contributed by atoms with Gasteiger partial charge in [0.1, 0.15) is 0 Å². The van der Waals surface area contributed by atoms with Gasteiger partial charge < -0.3 is 5.32 Å². The second-order valence-corrected chi connectivity index (χ2v) is 9.50. The number of nitrogens with zero attached hydrogens (tertiary/aromatic N) is 4. The summed E-state index contributed by atoms with van der Waals surface area (Å²) in [5, 5.41) is 7.98. The van der Waals surface area contributed by atoms with Crippen molar-refractivity contribution in [2.45, 2.75) is 26.4 Å². The van der Waals surface area contributed by atoms with Crippen molar-refractivity contribution in [3.63, 3.8) is 0 Å². The topological polar surface area (TPSA) is 81.3 Å². The van der Waals surface area contributed by atoms with E-state index in [2.05, 4.69) is 15.4 Å². The molecule has 0 aliphatic carbocycles. The normalized spacial score (nSPS) is 15.6. The van der Waals surface area contributed by atoms with Crippen molar-refractivity contribution in [2.24, 2.45) is 4.99 Å². The molecule has 2 aromatic carbocycles. The van der Waals surface area contributed by atoms with Crippen LogP contribution in [0.25, 0.3) is 6.08 Å². The fourth-order valence-electron chi connectivity index (χ4n) is 4.06. The number of amides is 1. The Labute approximate surface area is 210 Å². The van der Waals surface area contributed by atoms with E-state index in [1.807, 2.05) is 61.7 Å². The van der Waals surface area contributed by atoms with E-state index >= 15 is 0 Å². The van der Waals surface area contributed by atoms with Crippen LogP contribution in [0.4, 0.5) is 5.69 Å². The van der Waals surface area contributed by atoms with Crippen molar-refractivity contribution in [2.75, 3.05) is 5.32 Å². The van der Waals surface area contributed by atoms with Gasteiger partial charge in [-0.15, -0.1) is 0 Å². The second kappa shape index (κ2) is 9.48. The van der Waals surface area contributed by atoms with E-state index in [4.69, 9.17) is 11.6 Å². The molecule has 1 N–H and O–H groups in total. The van der Waals surface area contributed by atoms with Crippen LogP contribution < -0.4 is 20.2 Å². The van der Waals surface area contributed by atoms with Crippen molar-refractivity contribution in [3.8, 4) is 0 Å². The van der Waals surface area contributed by atoms with E-state index in [9.17, 15) is 9.59 Å². The molecule has 1 amide bonds. The first-order valence-electron chi connectivity index (χ1n) is 11.1. The van der Waals surface area contributed by atoms with Crippen LogP contribution in [0, 0.1) is 0 Å². The molecule has 0 saturated carbocycles. The highest BCUT2D eigenvalue weighted by atomic mass is 35.5. The Kier molecular flexibility index (Phi) is 6.23. The van der Waals surface area contributed by atoms with Crippen molar-refractivity contribution in [1.29, 1.82) is 0 Å². The van der Waals surface area contributed by atoms with Crippen LogP contribution in [-0.2, 0) is 11.3 Å². The molecule has 176 valence electrons. The summed E-state index contributed by atoms with van der Waals surface area (Å²) in [6.07, 6.45) is 3.63. The predicted molar refractivity (Wildman–Crippen MR) is 138 cm³/mol. The van der Waals surface area contributed by atoms with Crippen LogP contribution in [0.5, 0.6) is 0 Å². The number of aromatic nitrogens is 3. The van der Waals surface area contributed by atoms with Gasteiger partial charge >= 0.3 is 0 Å². The molecule has 5 rings (SSSR count). The minimum Gasteiger partial charge on any atom is -0.322 e. The molecule has 9 heteroatoms. The summed E-state index contributed by atoms with van der Waals surface area (Å²) >= 11 is 7.42. The Bertz CT molecular complexity index is 1610. The lowest BCUT2D eigenvalue weighted by atomic mass is 9.95. The fraction of sp³-hybridized carbons (Fsp3) is 0.154. The summed E-state index contributed by atoms with van der Waals surface area (Å²) in [7, 11) is 0. The van der Waals surface area contributed by atoms with Gasteiger partial charge in [-0.1, -0.05) is 53.3 Å². The number of benzene rings is 2. The lowest BCUT2D eigenvalue weighted by Gasteiger charge is -2.25. The monoisotopic (exact) mass is 503 g/mol. The van der Waals surface area contributed by atoms with Gasteiger partial charge in [0.2, 0.25) is 0 Å². The molecule has 3 heterocycles. The highest BCUT2D eigenvalue weighted by molar-refractivity contribution is 7.07. The Balaban J connectivity index is 1.66. The molecule has 4 aromatic rings. The number of rotatable bonds is 5. The highest BCUT2D eigenvalue weighted by Crippen LogP contribution is 2.31. The number of nitrogens with one attached hydrogen (secondary N) is 1. The standard InChI is InChI=1S/C26H22ClN5O2S/c1-3-31-14-13-20(30-31)15-21-25(34)32-23(17-9-11-18(27)12-10-17)22(16(2)28-26(32)35-21)24(33)29-19-7-5-4-6-8-19/h4-15,23H,3H2,1-2H3,(H,29,33)/b21-15+/t23-/m1/s1. The quantitative estimate of drug-likeness (QED) is 0.450. The largest absolute Gasteiger partial charge is 0.322 e. The van der Waals surface area contributed by atoms with Crippen molar-refractivity contribution < 1.29 is 4.79 Å². The third-order valence-electron chi connectivity index (χ3n) is 5.75. The van der Waals surface area contributed by atoms with Gasteiger partial charge in [0, 0.05) is 23.5 Å². The van der Waals surface area contributed by atoms with Crippen LogP contribution >= 0.6 is 22.9 Å². The number of carbonyl (C=O) groups is 1. The lowest BCUT2D eigenvalue weighted by Crippen LogP contribution is -2.40. The molecular weight excluding hydrogens is 482 g/mol. The Morgan fingerprint density at radius 3 is 2.57 bits per heavy atom. The van der Waals surface area contributed by atoms with Crippen molar-refractivity contribution >= 4 is 40.6 Å². The lowest BCUT2D eigenvalue weighted by molar-refractivity contribution is -0.113. The summed E-state index contributed by atoms with van der Waals surface area (Å²) in [6.45, 7) is 4.54. The average molecular weight is 504 g/mol. The molecule has 1 aliphatic rings. The minimum absolute atomic E-state index is 0.225. The number of anilines is 1. The molecule has 2 aromatic heterocycles. The summed E-state index contributed by atoms with van der Waals surface area (Å²) in [5.74, 6) is -0.312. The number of aryl methyl sites for hydroxylation is 1. The smallest absolute Gasteiger partial charge is 0.271 e. The number of hydrogen-bond acceptors (Lipinski definition) is 5. The van der Waals surface area contributed by atoms with Crippen LogP contribution in [0.15, 0.2) is 87.9 Å².